The molecule has 3 aromatic heterocycles. The molecule has 0 radical (unpaired) electrons. The average Bonchev–Trinajstić information content (AvgIpc) is 3.33. The van der Waals surface area contributed by atoms with Crippen molar-refractivity contribution in [1.29, 1.82) is 0 Å². The Hall–Kier alpha value is -2.90. The number of Topliss-reactive ketones (excluding diaryl/α,β-unsaturated/α-hetero) is 1. The fraction of sp³-hybridized carbons (Fsp3) is 0.533. The molecule has 4 rings (SSSR count). The molecule has 206 valence electrons. The number of nitrogens with one attached hydrogen (secondary N) is 2. The van der Waals surface area contributed by atoms with E-state index in [-0.39, 0.29) is 5.78 Å². The molecule has 7 heteroatoms. The average molecular weight is 511 g/mol. The van der Waals surface area contributed by atoms with Crippen LogP contribution in [0.5, 0.6) is 0 Å². The van der Waals surface area contributed by atoms with Crippen molar-refractivity contribution in [3.8, 4) is 11.1 Å². The van der Waals surface area contributed by atoms with E-state index in [0.717, 1.165) is 31.7 Å². The molecule has 7 nitrogen and oxygen atoms in total. The van der Waals surface area contributed by atoms with Gasteiger partial charge in [-0.3, -0.25) is 0 Å². The maximum atomic E-state index is 10.0. The second kappa shape index (κ2) is 17.5. The molecule has 0 amide bonds. The standard InChI is InChI=1S/C21H27N5.C5H10O.C3H8.CH5N/c1-15-4-5-19-18(16-6-12-23-20(14-16)25(2)3)9-13-26(19)21(15)24-17-7-10-22-11-8-17;1-3-4-5(2)6;1-3-2;1-2/h4-6,9,12-14,17,22,24H,7-8,10-11H2,1-3H3;3-4H2,1-2H3;3H2,1-2H3;2H2,1H3. The van der Waals surface area contributed by atoms with E-state index in [1.54, 1.807) is 6.92 Å². The van der Waals surface area contributed by atoms with E-state index in [4.69, 9.17) is 0 Å². The van der Waals surface area contributed by atoms with Crippen LogP contribution in [0.4, 0.5) is 11.6 Å². The van der Waals surface area contributed by atoms with Gasteiger partial charge in [0.15, 0.2) is 0 Å². The Morgan fingerprint density at radius 2 is 1.78 bits per heavy atom. The van der Waals surface area contributed by atoms with Crippen LogP contribution in [0.1, 0.15) is 65.4 Å². The van der Waals surface area contributed by atoms with Gasteiger partial charge in [-0.1, -0.05) is 33.3 Å². The van der Waals surface area contributed by atoms with Gasteiger partial charge in [0.25, 0.3) is 0 Å². The van der Waals surface area contributed by atoms with Gasteiger partial charge in [-0.25, -0.2) is 4.98 Å². The van der Waals surface area contributed by atoms with Crippen molar-refractivity contribution in [1.82, 2.24) is 14.7 Å². The molecule has 0 aromatic carbocycles. The Morgan fingerprint density at radius 1 is 1.14 bits per heavy atom. The molecular formula is C30H50N6O. The second-order valence-electron chi connectivity index (χ2n) is 9.47. The molecule has 4 N–H and O–H groups in total. The van der Waals surface area contributed by atoms with Crippen molar-refractivity contribution in [3.63, 3.8) is 0 Å². The molecule has 0 aliphatic carbocycles. The fourth-order valence-corrected chi connectivity index (χ4v) is 4.05. The zero-order valence-electron chi connectivity index (χ0n) is 24.4. The number of aryl methyl sites for hydroxylation is 1. The highest BCUT2D eigenvalue weighted by Gasteiger charge is 2.16. The van der Waals surface area contributed by atoms with Crippen molar-refractivity contribution >= 4 is 22.9 Å². The molecular weight excluding hydrogens is 460 g/mol. The predicted molar refractivity (Wildman–Crippen MR) is 161 cm³/mol. The van der Waals surface area contributed by atoms with Crippen LogP contribution in [0.2, 0.25) is 0 Å². The molecule has 3 aromatic rings. The minimum absolute atomic E-state index is 0.289. The first-order valence-electron chi connectivity index (χ1n) is 13.6. The Morgan fingerprint density at radius 3 is 2.32 bits per heavy atom. The van der Waals surface area contributed by atoms with Crippen molar-refractivity contribution in [2.24, 2.45) is 5.73 Å². The number of hydrogen-bond donors (Lipinski definition) is 3. The lowest BCUT2D eigenvalue weighted by molar-refractivity contribution is -0.117. The molecule has 0 atom stereocenters. The first-order valence-corrected chi connectivity index (χ1v) is 13.6. The Kier molecular flexibility index (Phi) is 15.2. The summed E-state index contributed by atoms with van der Waals surface area (Å²) in [6.07, 6.45) is 9.36. The highest BCUT2D eigenvalue weighted by molar-refractivity contribution is 5.83. The summed E-state index contributed by atoms with van der Waals surface area (Å²) in [4.78, 5) is 16.5. The van der Waals surface area contributed by atoms with E-state index in [1.807, 2.05) is 32.1 Å². The van der Waals surface area contributed by atoms with E-state index < -0.39 is 0 Å². The predicted octanol–water partition coefficient (Wildman–Crippen LogP) is 5.91. The SMILES string of the molecule is CCC.CCCC(C)=O.CN.Cc1ccc2c(-c3ccnc(N(C)C)c3)ccn2c1NC1CCNCC1. The molecule has 0 spiro atoms. The molecule has 1 aliphatic rings. The third-order valence-electron chi connectivity index (χ3n) is 5.83. The number of nitrogens with zero attached hydrogens (tertiary/aromatic N) is 3. The molecule has 37 heavy (non-hydrogen) atoms. The number of anilines is 2. The molecule has 1 aliphatic heterocycles. The summed E-state index contributed by atoms with van der Waals surface area (Å²) in [5, 5.41) is 7.22. The van der Waals surface area contributed by atoms with Crippen molar-refractivity contribution < 1.29 is 4.79 Å². The van der Waals surface area contributed by atoms with Crippen LogP contribution in [-0.4, -0.2) is 55.4 Å². The Bertz CT molecular complexity index is 1050. The lowest BCUT2D eigenvalue weighted by Gasteiger charge is -2.26. The fourth-order valence-electron chi connectivity index (χ4n) is 4.05. The monoisotopic (exact) mass is 510 g/mol. The van der Waals surface area contributed by atoms with E-state index in [2.05, 4.69) is 83.1 Å². The maximum absolute atomic E-state index is 10.0. The third-order valence-corrected chi connectivity index (χ3v) is 5.83. The second-order valence-corrected chi connectivity index (χ2v) is 9.47. The lowest BCUT2D eigenvalue weighted by Crippen LogP contribution is -2.35. The van der Waals surface area contributed by atoms with Crippen molar-refractivity contribution in [2.75, 3.05) is 44.4 Å². The van der Waals surface area contributed by atoms with Crippen molar-refractivity contribution in [2.45, 2.75) is 72.8 Å². The van der Waals surface area contributed by atoms with E-state index in [1.165, 1.54) is 54.3 Å². The number of hydrogen-bond acceptors (Lipinski definition) is 6. The number of carbonyl (C=O) groups excluding carboxylic acids is 1. The van der Waals surface area contributed by atoms with E-state index >= 15 is 0 Å². The normalized spacial score (nSPS) is 12.8. The number of rotatable bonds is 6. The van der Waals surface area contributed by atoms with E-state index in [9.17, 15) is 4.79 Å². The van der Waals surface area contributed by atoms with Crippen LogP contribution >= 0.6 is 0 Å². The summed E-state index contributed by atoms with van der Waals surface area (Å²) in [7, 11) is 5.54. The van der Waals surface area contributed by atoms with Gasteiger partial charge >= 0.3 is 0 Å². The smallest absolute Gasteiger partial charge is 0.129 e. The van der Waals surface area contributed by atoms with Crippen LogP contribution < -0.4 is 21.3 Å². The minimum Gasteiger partial charge on any atom is -0.368 e. The zero-order chi connectivity index (χ0) is 27.8. The number of nitrogens with two attached hydrogens (primary N) is 1. The molecule has 0 bridgehead atoms. The number of fused-ring (bicyclic) bond motifs is 1. The number of pyridine rings is 2. The maximum Gasteiger partial charge on any atom is 0.129 e. The molecule has 1 saturated heterocycles. The summed E-state index contributed by atoms with van der Waals surface area (Å²) >= 11 is 0. The number of ketones is 1. The first-order chi connectivity index (χ1) is 17.8. The summed E-state index contributed by atoms with van der Waals surface area (Å²) < 4.78 is 2.29. The van der Waals surface area contributed by atoms with Gasteiger partial charge in [0, 0.05) is 44.5 Å². The zero-order valence-corrected chi connectivity index (χ0v) is 24.4. The third kappa shape index (κ3) is 10.2. The van der Waals surface area contributed by atoms with Gasteiger partial charge in [-0.05, 0) is 88.6 Å². The van der Waals surface area contributed by atoms with Crippen LogP contribution in [0, 0.1) is 6.92 Å². The van der Waals surface area contributed by atoms with Gasteiger partial charge < -0.3 is 30.5 Å². The summed E-state index contributed by atoms with van der Waals surface area (Å²) in [6, 6.07) is 11.4. The topological polar surface area (TPSA) is 87.7 Å². The highest BCUT2D eigenvalue weighted by Crippen LogP contribution is 2.31. The van der Waals surface area contributed by atoms with Gasteiger partial charge in [0.1, 0.15) is 17.4 Å². The highest BCUT2D eigenvalue weighted by atomic mass is 16.1. The Labute approximate surface area is 224 Å². The van der Waals surface area contributed by atoms with Crippen LogP contribution in [0.25, 0.3) is 16.6 Å². The van der Waals surface area contributed by atoms with Crippen LogP contribution in [-0.2, 0) is 4.79 Å². The molecule has 4 heterocycles. The van der Waals surface area contributed by atoms with Crippen LogP contribution in [0.3, 0.4) is 0 Å². The van der Waals surface area contributed by atoms with Gasteiger partial charge in [0.05, 0.1) is 5.52 Å². The van der Waals surface area contributed by atoms with Gasteiger partial charge in [-0.2, -0.15) is 0 Å². The number of piperidine rings is 1. The summed E-state index contributed by atoms with van der Waals surface area (Å²) in [5.41, 5.74) is 9.44. The number of carbonyl (C=O) groups is 1. The van der Waals surface area contributed by atoms with Crippen LogP contribution in [0.15, 0.2) is 42.7 Å². The minimum atomic E-state index is 0.289. The largest absolute Gasteiger partial charge is 0.368 e. The molecule has 0 unspecified atom stereocenters. The first kappa shape index (κ1) is 32.1. The van der Waals surface area contributed by atoms with Gasteiger partial charge in [0.2, 0.25) is 0 Å². The quantitative estimate of drug-likeness (QED) is 0.382. The van der Waals surface area contributed by atoms with Crippen molar-refractivity contribution in [3.05, 3.63) is 48.3 Å². The summed E-state index contributed by atoms with van der Waals surface area (Å²) in [6.45, 7) is 12.2. The van der Waals surface area contributed by atoms with Gasteiger partial charge in [-0.15, -0.1) is 0 Å². The Balaban J connectivity index is 0.000000534. The number of aromatic nitrogens is 2. The van der Waals surface area contributed by atoms with E-state index in [0.29, 0.717) is 6.04 Å². The molecule has 1 fully saturated rings. The lowest BCUT2D eigenvalue weighted by atomic mass is 10.1. The summed E-state index contributed by atoms with van der Waals surface area (Å²) in [5.74, 6) is 2.47. The molecule has 0 saturated carbocycles.